The van der Waals surface area contributed by atoms with Gasteiger partial charge in [-0.25, -0.2) is 36.6 Å². The molecule has 9 N–H and O–H groups in total. The van der Waals surface area contributed by atoms with Crippen LogP contribution in [0.25, 0.3) is 0 Å². The molecule has 122 heavy (non-hydrogen) atoms. The molecule has 4 unspecified atom stereocenters. The highest BCUT2D eigenvalue weighted by Crippen LogP contribution is 2.34. The van der Waals surface area contributed by atoms with Gasteiger partial charge in [-0.3, -0.25) is 44.8 Å². The van der Waals surface area contributed by atoms with Crippen molar-refractivity contribution in [1.29, 1.82) is 0 Å². The zero-order valence-corrected chi connectivity index (χ0v) is 87.2. The van der Waals surface area contributed by atoms with Crippen LogP contribution in [0.3, 0.4) is 0 Å². The maximum atomic E-state index is 12.8. The number of methoxy groups -OCH3 is 4. The molecule has 0 aliphatic rings. The number of aromatic nitrogens is 7. The number of ether oxygens (including phenoxy) is 5. The third-order valence-corrected chi connectivity index (χ3v) is 25.5. The number of carbonyl (C=O) groups is 4. The van der Waals surface area contributed by atoms with Crippen molar-refractivity contribution in [2.75, 3.05) is 48.3 Å². The van der Waals surface area contributed by atoms with E-state index >= 15 is 0 Å². The molecular formula is C83H111Br8N13O15S3. The Morgan fingerprint density at radius 2 is 0.795 bits per heavy atom. The van der Waals surface area contributed by atoms with Crippen LogP contribution >= 0.6 is 127 Å². The van der Waals surface area contributed by atoms with Crippen LogP contribution in [0.5, 0.6) is 0 Å². The molecule has 11 atom stereocenters. The molecule has 672 valence electrons. The summed E-state index contributed by atoms with van der Waals surface area (Å²) in [5.74, 6) is -1.10. The van der Waals surface area contributed by atoms with Gasteiger partial charge in [0.1, 0.15) is 56.3 Å². The smallest absolute Gasteiger partial charge is 0.338 e. The lowest BCUT2D eigenvalue weighted by Gasteiger charge is -2.38. The molecule has 1 aromatic carbocycles. The van der Waals surface area contributed by atoms with Gasteiger partial charge in [-0.15, -0.1) is 0 Å². The number of amides is 3. The monoisotopic (exact) mass is 2260 g/mol. The maximum absolute atomic E-state index is 12.8. The van der Waals surface area contributed by atoms with Crippen molar-refractivity contribution in [2.45, 2.75) is 191 Å². The van der Waals surface area contributed by atoms with Gasteiger partial charge in [0, 0.05) is 116 Å². The van der Waals surface area contributed by atoms with E-state index in [1.165, 1.54) is 35.4 Å². The standard InChI is InChI=1S/C18H20BrN3O4.C18H29BrN2O4S.C14H23BrN2O3S.C11H15BrN2OS.C10H15BrN2O2.C7H6BrNO.C5H3Br2N/c1-18(15(11-23)26-2,14-10-13(19)8-9-20-14)22-17(25)21-16(24)12-6-4-3-5-7-12;1-16(2,3)25-15(22)14(24-8)18(7,21-26(23)17(4,5)6)13-11-12(19)9-10-20-13;1-13(2,3)21(19)17-14(4,12(9-18)20-5)11-8-10(15)6-7-16-11;1-8(14-16(15)11(2,3)4)10-7-9(12)5-6-13-10;1-10(12,9(6-14)15-2)8-5-7(11)3-4-13-8;1-5(10)7-4-6(8)2-3-9-7;6-4-1-2-8-5(7)3-4/h3-10,15,23H,11H2,1-2H3,(H2,21,22,24,25);9-11,14,21H,1-8H3;6-8,12,17-18H,9H2,1-5H3;5-7H,1-4H3;3-5,9,14H,6,12H2,1-2H3;2-4H,1H3;1-3H/t15?,18-;14?,18-,26-;12?,14-,21-;16-;9?,10-;;/m11111../s1. The Kier molecular flexibility index (Phi) is 49.1. The summed E-state index contributed by atoms with van der Waals surface area (Å²) in [6, 6.07) is 32.9. The second kappa shape index (κ2) is 53.0. The van der Waals surface area contributed by atoms with Crippen LogP contribution in [0.2, 0.25) is 0 Å². The van der Waals surface area contributed by atoms with Crippen LogP contribution in [-0.4, -0.2) is 185 Å². The van der Waals surface area contributed by atoms with Gasteiger partial charge in [0.15, 0.2) is 11.9 Å². The Bertz CT molecular complexity index is 4740. The van der Waals surface area contributed by atoms with Crippen LogP contribution in [0.1, 0.15) is 174 Å². The lowest BCUT2D eigenvalue weighted by molar-refractivity contribution is -0.171. The lowest BCUT2D eigenvalue weighted by Crippen LogP contribution is -2.57. The summed E-state index contributed by atoms with van der Waals surface area (Å²) in [4.78, 5) is 77.2. The summed E-state index contributed by atoms with van der Waals surface area (Å²) >= 11 is 26.6. The molecule has 0 saturated carbocycles. The van der Waals surface area contributed by atoms with E-state index < -0.39 is 113 Å². The highest BCUT2D eigenvalue weighted by Gasteiger charge is 2.48. The summed E-state index contributed by atoms with van der Waals surface area (Å²) in [7, 11) is 1.83. The van der Waals surface area contributed by atoms with Crippen molar-refractivity contribution < 1.29 is 70.8 Å². The van der Waals surface area contributed by atoms with Crippen LogP contribution < -0.4 is 25.8 Å². The predicted octanol–water partition coefficient (Wildman–Crippen LogP) is 16.6. The molecule has 0 saturated heterocycles. The lowest BCUT2D eigenvalue weighted by atomic mass is 9.90. The van der Waals surface area contributed by atoms with E-state index in [4.69, 9.17) is 34.5 Å². The van der Waals surface area contributed by atoms with Crippen molar-refractivity contribution in [3.05, 3.63) is 234 Å². The van der Waals surface area contributed by atoms with Crippen molar-refractivity contribution in [1.82, 2.24) is 55.0 Å². The summed E-state index contributed by atoms with van der Waals surface area (Å²) in [6.45, 7) is 31.9. The van der Waals surface area contributed by atoms with Crippen LogP contribution in [0, 0.1) is 0 Å². The molecule has 0 fully saturated rings. The number of nitrogens with two attached hydrogens (primary N) is 1. The third kappa shape index (κ3) is 38.5. The first-order valence-corrected chi connectivity index (χ1v) is 46.8. The molecule has 0 radical (unpaired) electrons. The minimum absolute atomic E-state index is 0.0127. The highest BCUT2D eigenvalue weighted by atomic mass is 79.9. The Morgan fingerprint density at radius 1 is 0.443 bits per heavy atom. The Balaban J connectivity index is 0.000000496. The van der Waals surface area contributed by atoms with Gasteiger partial charge in [-0.2, -0.15) is 4.40 Å². The Hall–Kier alpha value is -5.09. The minimum atomic E-state index is -1.47. The molecule has 28 nitrogen and oxygen atoms in total. The fourth-order valence-corrected chi connectivity index (χ4v) is 15.3. The van der Waals surface area contributed by atoms with Crippen LogP contribution in [0.4, 0.5) is 4.79 Å². The van der Waals surface area contributed by atoms with Gasteiger partial charge in [-0.1, -0.05) is 130 Å². The van der Waals surface area contributed by atoms with E-state index in [9.17, 15) is 42.0 Å². The average molecular weight is 2270 g/mol. The van der Waals surface area contributed by atoms with Crippen molar-refractivity contribution >= 4 is 190 Å². The third-order valence-electron chi connectivity index (χ3n) is 16.7. The van der Waals surface area contributed by atoms with Gasteiger partial charge < -0.3 is 50.1 Å². The topological polar surface area (TPSA) is 403 Å². The number of aliphatic hydroxyl groups excluding tert-OH is 3. The quantitative estimate of drug-likeness (QED) is 0.0114. The number of ketones is 1. The number of Topliss-reactive ketones (excluding diaryl/α,β-unsaturated/α-hetero) is 1. The van der Waals surface area contributed by atoms with Gasteiger partial charge in [-0.05, 0) is 231 Å². The van der Waals surface area contributed by atoms with Gasteiger partial charge >= 0.3 is 12.0 Å². The minimum Gasteiger partial charge on any atom is -0.458 e. The molecule has 39 heteroatoms. The van der Waals surface area contributed by atoms with E-state index in [2.05, 4.69) is 187 Å². The number of imide groups is 1. The average Bonchev–Trinajstić information content (AvgIpc) is 0.776. The number of urea groups is 1. The molecular weight excluding hydrogens is 2150 g/mol. The SMILES string of the molecule is Brc1ccnc(Br)c1.CC(=N[S@](=O)C(C)(C)C)c1cc(Br)ccn1.CC(=O)c1cc(Br)ccn1.COC(C(=O)OC(C)(C)C)[C@](C)(N[S@](=O)C(C)(C)C)c1cc(Br)ccn1.COC(CO)[C@](C)(N)c1cc(Br)ccn1.COC(CO)[C@](C)(NC(=O)NC(=O)c1ccccc1)c1cc(Br)ccn1.COC(CO)[C@](C)(N[S@](=O)C(C)(C)C)c1cc(Br)ccn1. The number of rotatable bonds is 25. The van der Waals surface area contributed by atoms with Crippen molar-refractivity contribution in [2.24, 2.45) is 10.1 Å². The molecule has 0 aliphatic carbocycles. The zero-order valence-electron chi connectivity index (χ0n) is 72.1. The number of nitrogens with one attached hydrogen (secondary N) is 4. The summed E-state index contributed by atoms with van der Waals surface area (Å²) in [6.07, 6.45) is 8.64. The van der Waals surface area contributed by atoms with Crippen LogP contribution in [0.15, 0.2) is 199 Å². The van der Waals surface area contributed by atoms with Gasteiger partial charge in [0.05, 0.1) is 101 Å². The first kappa shape index (κ1) is 113. The molecule has 3 amide bonds. The fourth-order valence-electron chi connectivity index (χ4n) is 9.79. The van der Waals surface area contributed by atoms with Crippen molar-refractivity contribution in [3.63, 3.8) is 0 Å². The summed E-state index contributed by atoms with van der Waals surface area (Å²) in [5, 5.41) is 33.4. The highest BCUT2D eigenvalue weighted by molar-refractivity contribution is 9.11. The molecule has 7 heterocycles. The second-order valence-electron chi connectivity index (χ2n) is 31.0. The Morgan fingerprint density at radius 3 is 1.14 bits per heavy atom. The van der Waals surface area contributed by atoms with E-state index in [1.807, 2.05) is 125 Å². The van der Waals surface area contributed by atoms with E-state index in [0.717, 1.165) is 41.6 Å². The molecule has 0 bridgehead atoms. The number of esters is 1. The number of carbonyl (C=O) groups excluding carboxylic acids is 4. The number of pyridine rings is 7. The molecule has 7 aromatic heterocycles. The van der Waals surface area contributed by atoms with E-state index in [0.29, 0.717) is 39.7 Å². The molecule has 0 aliphatic heterocycles. The number of nitrogens with zero attached hydrogens (tertiary/aromatic N) is 8. The second-order valence-corrected chi connectivity index (χ2v) is 44.1. The summed E-state index contributed by atoms with van der Waals surface area (Å²) in [5.41, 5.74) is 5.98. The first-order chi connectivity index (χ1) is 56.6. The fraction of sp³-hybridized carbons (Fsp3) is 0.446. The predicted molar refractivity (Wildman–Crippen MR) is 510 cm³/mol. The van der Waals surface area contributed by atoms with E-state index in [1.54, 1.807) is 152 Å². The first-order valence-electron chi connectivity index (χ1n) is 37.1. The van der Waals surface area contributed by atoms with E-state index in [-0.39, 0.29) is 30.4 Å². The number of benzene rings is 1. The largest absolute Gasteiger partial charge is 0.458 e. The Labute approximate surface area is 791 Å². The number of hydrogen-bond donors (Lipinski definition) is 8. The number of hydrogen-bond acceptors (Lipinski definition) is 23. The normalized spacial score (nSPS) is 15.2. The molecule has 8 aromatic rings. The number of aliphatic hydroxyl groups is 3. The van der Waals surface area contributed by atoms with Gasteiger partial charge in [0.25, 0.3) is 5.91 Å². The van der Waals surface area contributed by atoms with Crippen LogP contribution in [-0.2, 0) is 83.6 Å². The molecule has 0 spiro atoms. The summed E-state index contributed by atoms with van der Waals surface area (Å²) < 4.78 is 80.0. The van der Waals surface area contributed by atoms with Crippen molar-refractivity contribution in [3.8, 4) is 0 Å². The maximum Gasteiger partial charge on any atom is 0.338 e. The molecule has 8 rings (SSSR count). The van der Waals surface area contributed by atoms with Gasteiger partial charge in [0.2, 0.25) is 0 Å². The number of halogens is 8. The zero-order chi connectivity index (χ0) is 93.1.